The standard InChI is InChI=1S/C15H16N2OS/c1-19-13-9-5-8-12(10-13)17-15(18)14(16)11-6-3-2-4-7-11/h2-10,14H,16H2,1H3,(H,17,18). The third-order valence-electron chi connectivity index (χ3n) is 2.78. The van der Waals surface area contributed by atoms with E-state index in [-0.39, 0.29) is 5.91 Å². The van der Waals surface area contributed by atoms with Crippen molar-refractivity contribution in [1.82, 2.24) is 0 Å². The van der Waals surface area contributed by atoms with Gasteiger partial charge in [-0.3, -0.25) is 4.79 Å². The molecule has 0 heterocycles. The van der Waals surface area contributed by atoms with Gasteiger partial charge in [0.25, 0.3) is 0 Å². The molecule has 0 saturated carbocycles. The first-order chi connectivity index (χ1) is 9.20. The topological polar surface area (TPSA) is 55.1 Å². The summed E-state index contributed by atoms with van der Waals surface area (Å²) in [6, 6.07) is 16.4. The Morgan fingerprint density at radius 2 is 1.89 bits per heavy atom. The lowest BCUT2D eigenvalue weighted by atomic mass is 10.1. The molecule has 0 fully saturated rings. The maximum Gasteiger partial charge on any atom is 0.245 e. The fourth-order valence-electron chi connectivity index (χ4n) is 1.73. The van der Waals surface area contributed by atoms with Crippen LogP contribution in [0.25, 0.3) is 0 Å². The fraction of sp³-hybridized carbons (Fsp3) is 0.133. The van der Waals surface area contributed by atoms with E-state index < -0.39 is 6.04 Å². The van der Waals surface area contributed by atoms with Gasteiger partial charge in [-0.05, 0) is 30.0 Å². The quantitative estimate of drug-likeness (QED) is 0.841. The fourth-order valence-corrected chi connectivity index (χ4v) is 2.19. The lowest BCUT2D eigenvalue weighted by molar-refractivity contribution is -0.117. The second kappa shape index (κ2) is 6.41. The van der Waals surface area contributed by atoms with Crippen LogP contribution in [0.1, 0.15) is 11.6 Å². The second-order valence-electron chi connectivity index (χ2n) is 4.11. The van der Waals surface area contributed by atoms with Crippen LogP contribution in [0.4, 0.5) is 5.69 Å². The van der Waals surface area contributed by atoms with Crippen LogP contribution in [0, 0.1) is 0 Å². The average Bonchev–Trinajstić information content (AvgIpc) is 2.47. The Morgan fingerprint density at radius 3 is 2.58 bits per heavy atom. The van der Waals surface area contributed by atoms with E-state index in [2.05, 4.69) is 5.32 Å². The first kappa shape index (κ1) is 13.6. The number of carbonyl (C=O) groups is 1. The number of hydrogen-bond donors (Lipinski definition) is 2. The highest BCUT2D eigenvalue weighted by Gasteiger charge is 2.15. The molecule has 98 valence electrons. The van der Waals surface area contributed by atoms with Gasteiger partial charge in [-0.1, -0.05) is 36.4 Å². The minimum absolute atomic E-state index is 0.204. The number of carbonyl (C=O) groups excluding carboxylic acids is 1. The lowest BCUT2D eigenvalue weighted by Gasteiger charge is -2.13. The molecular formula is C15H16N2OS. The normalized spacial score (nSPS) is 11.9. The summed E-state index contributed by atoms with van der Waals surface area (Å²) in [4.78, 5) is 13.2. The minimum atomic E-state index is -0.654. The van der Waals surface area contributed by atoms with Crippen LogP contribution < -0.4 is 11.1 Å². The summed E-state index contributed by atoms with van der Waals surface area (Å²) in [5, 5.41) is 2.84. The van der Waals surface area contributed by atoms with Crippen LogP contribution in [0.5, 0.6) is 0 Å². The molecule has 19 heavy (non-hydrogen) atoms. The van der Waals surface area contributed by atoms with Gasteiger partial charge in [0.05, 0.1) is 0 Å². The lowest BCUT2D eigenvalue weighted by Crippen LogP contribution is -2.27. The monoisotopic (exact) mass is 272 g/mol. The molecule has 2 aromatic carbocycles. The number of amides is 1. The molecule has 2 rings (SSSR count). The van der Waals surface area contributed by atoms with Crippen LogP contribution in [0.3, 0.4) is 0 Å². The van der Waals surface area contributed by atoms with E-state index in [1.54, 1.807) is 11.8 Å². The Labute approximate surface area is 117 Å². The first-order valence-corrected chi connectivity index (χ1v) is 7.18. The van der Waals surface area contributed by atoms with Crippen molar-refractivity contribution in [3.05, 3.63) is 60.2 Å². The van der Waals surface area contributed by atoms with E-state index in [0.29, 0.717) is 0 Å². The number of anilines is 1. The van der Waals surface area contributed by atoms with Gasteiger partial charge >= 0.3 is 0 Å². The molecule has 0 aliphatic carbocycles. The summed E-state index contributed by atoms with van der Waals surface area (Å²) in [6.07, 6.45) is 2.00. The summed E-state index contributed by atoms with van der Waals surface area (Å²) in [5.41, 5.74) is 7.51. The van der Waals surface area contributed by atoms with Gasteiger partial charge < -0.3 is 11.1 Å². The number of nitrogens with one attached hydrogen (secondary N) is 1. The molecule has 2 aromatic rings. The predicted octanol–water partition coefficient (Wildman–Crippen LogP) is 3.05. The summed E-state index contributed by atoms with van der Waals surface area (Å²) in [7, 11) is 0. The van der Waals surface area contributed by atoms with Gasteiger partial charge in [-0.15, -0.1) is 11.8 Å². The van der Waals surface area contributed by atoms with Crippen LogP contribution in [-0.4, -0.2) is 12.2 Å². The molecule has 1 amide bonds. The van der Waals surface area contributed by atoms with E-state index in [9.17, 15) is 4.79 Å². The third-order valence-corrected chi connectivity index (χ3v) is 3.50. The Hall–Kier alpha value is -1.78. The zero-order valence-corrected chi connectivity index (χ0v) is 11.5. The van der Waals surface area contributed by atoms with Crippen molar-refractivity contribution in [2.45, 2.75) is 10.9 Å². The average molecular weight is 272 g/mol. The molecule has 0 radical (unpaired) electrons. The zero-order valence-electron chi connectivity index (χ0n) is 10.7. The van der Waals surface area contributed by atoms with Gasteiger partial charge in [0.2, 0.25) is 5.91 Å². The highest BCUT2D eigenvalue weighted by molar-refractivity contribution is 7.98. The van der Waals surface area contributed by atoms with E-state index in [1.807, 2.05) is 60.9 Å². The largest absolute Gasteiger partial charge is 0.324 e. The van der Waals surface area contributed by atoms with E-state index in [1.165, 1.54) is 0 Å². The van der Waals surface area contributed by atoms with Crippen molar-refractivity contribution in [3.8, 4) is 0 Å². The van der Waals surface area contributed by atoms with E-state index in [4.69, 9.17) is 5.73 Å². The Bertz CT molecular complexity index is 557. The van der Waals surface area contributed by atoms with Crippen molar-refractivity contribution in [3.63, 3.8) is 0 Å². The van der Waals surface area contributed by atoms with Gasteiger partial charge in [0.15, 0.2) is 0 Å². The van der Waals surface area contributed by atoms with Crippen molar-refractivity contribution in [2.75, 3.05) is 11.6 Å². The number of benzene rings is 2. The third kappa shape index (κ3) is 3.59. The van der Waals surface area contributed by atoms with Gasteiger partial charge in [-0.2, -0.15) is 0 Å². The van der Waals surface area contributed by atoms with Gasteiger partial charge in [0.1, 0.15) is 6.04 Å². The zero-order chi connectivity index (χ0) is 13.7. The van der Waals surface area contributed by atoms with Crippen LogP contribution in [0.15, 0.2) is 59.5 Å². The Kier molecular flexibility index (Phi) is 4.60. The molecule has 0 saturated heterocycles. The Balaban J connectivity index is 2.08. The molecule has 3 nitrogen and oxygen atoms in total. The molecule has 3 N–H and O–H groups in total. The smallest absolute Gasteiger partial charge is 0.245 e. The maximum absolute atomic E-state index is 12.1. The van der Waals surface area contributed by atoms with Crippen molar-refractivity contribution in [1.29, 1.82) is 0 Å². The highest BCUT2D eigenvalue weighted by Crippen LogP contribution is 2.20. The maximum atomic E-state index is 12.1. The molecule has 0 bridgehead atoms. The number of nitrogens with two attached hydrogens (primary N) is 1. The number of rotatable bonds is 4. The van der Waals surface area contributed by atoms with Crippen molar-refractivity contribution >= 4 is 23.4 Å². The van der Waals surface area contributed by atoms with Gasteiger partial charge in [0, 0.05) is 10.6 Å². The van der Waals surface area contributed by atoms with Crippen LogP contribution in [-0.2, 0) is 4.79 Å². The molecule has 0 aromatic heterocycles. The summed E-state index contributed by atoms with van der Waals surface area (Å²) in [6.45, 7) is 0. The van der Waals surface area contributed by atoms with E-state index in [0.717, 1.165) is 16.1 Å². The van der Waals surface area contributed by atoms with Gasteiger partial charge in [-0.25, -0.2) is 0 Å². The second-order valence-corrected chi connectivity index (χ2v) is 4.99. The SMILES string of the molecule is CSc1cccc(NC(=O)C(N)c2ccccc2)c1. The molecule has 1 atom stereocenters. The number of hydrogen-bond acceptors (Lipinski definition) is 3. The van der Waals surface area contributed by atoms with Crippen LogP contribution in [0.2, 0.25) is 0 Å². The van der Waals surface area contributed by atoms with Crippen molar-refractivity contribution in [2.24, 2.45) is 5.73 Å². The highest BCUT2D eigenvalue weighted by atomic mass is 32.2. The molecule has 0 aliphatic heterocycles. The predicted molar refractivity (Wildman–Crippen MR) is 80.2 cm³/mol. The molecule has 0 spiro atoms. The van der Waals surface area contributed by atoms with Crippen LogP contribution >= 0.6 is 11.8 Å². The summed E-state index contributed by atoms with van der Waals surface area (Å²) < 4.78 is 0. The van der Waals surface area contributed by atoms with E-state index >= 15 is 0 Å². The number of thioether (sulfide) groups is 1. The Morgan fingerprint density at radius 1 is 1.16 bits per heavy atom. The molecule has 1 unspecified atom stereocenters. The molecular weight excluding hydrogens is 256 g/mol. The first-order valence-electron chi connectivity index (χ1n) is 5.96. The molecule has 0 aliphatic rings. The van der Waals surface area contributed by atoms with Crippen molar-refractivity contribution < 1.29 is 4.79 Å². The summed E-state index contributed by atoms with van der Waals surface area (Å²) >= 11 is 1.63. The molecule has 4 heteroatoms. The summed E-state index contributed by atoms with van der Waals surface area (Å²) in [5.74, 6) is -0.204. The minimum Gasteiger partial charge on any atom is -0.324 e.